The third kappa shape index (κ3) is 5.71. The smallest absolute Gasteiger partial charge is 0.295 e. The number of aliphatic hydroxyl groups is 4. The van der Waals surface area contributed by atoms with E-state index in [1.54, 1.807) is 6.07 Å². The van der Waals surface area contributed by atoms with Crippen molar-refractivity contribution in [1.29, 1.82) is 0 Å². The quantitative estimate of drug-likeness (QED) is 0.315. The molecule has 1 aliphatic carbocycles. The van der Waals surface area contributed by atoms with Gasteiger partial charge in [-0.05, 0) is 47.1 Å². The number of halogens is 2. The van der Waals surface area contributed by atoms with Crippen LogP contribution in [0.2, 0.25) is 5.02 Å². The van der Waals surface area contributed by atoms with Crippen molar-refractivity contribution in [1.82, 2.24) is 0 Å². The molecule has 5 atom stereocenters. The topological polar surface area (TPSA) is 171 Å². The molecule has 2 aromatic rings. The number of rotatable bonds is 6. The highest BCUT2D eigenvalue weighted by atomic mass is 35.5. The van der Waals surface area contributed by atoms with E-state index in [1.807, 2.05) is 0 Å². The Kier molecular flexibility index (Phi) is 8.43. The summed E-state index contributed by atoms with van der Waals surface area (Å²) in [7, 11) is -4.66. The largest absolute Gasteiger partial charge is 0.460 e. The van der Waals surface area contributed by atoms with Gasteiger partial charge < -0.3 is 29.9 Å². The van der Waals surface area contributed by atoms with E-state index in [1.165, 1.54) is 54.6 Å². The molecule has 0 spiro atoms. The third-order valence-corrected chi connectivity index (χ3v) is 7.47. The Labute approximate surface area is 227 Å². The second-order valence-electron chi connectivity index (χ2n) is 8.45. The summed E-state index contributed by atoms with van der Waals surface area (Å²) in [5, 5.41) is 39.5. The van der Waals surface area contributed by atoms with Crippen LogP contribution in [0.15, 0.2) is 76.2 Å². The fraction of sp³-hybridized carbons (Fsp3) is 0.240. The van der Waals surface area contributed by atoms with E-state index < -0.39 is 58.1 Å². The molecule has 0 saturated carbocycles. The maximum atomic E-state index is 12.1. The lowest BCUT2D eigenvalue weighted by molar-refractivity contribution is -0.277. The summed E-state index contributed by atoms with van der Waals surface area (Å²) in [5.41, 5.74) is 1.07. The summed E-state index contributed by atoms with van der Waals surface area (Å²) in [4.78, 5) is 11.5. The molecule has 0 radical (unpaired) electrons. The molecule has 10 nitrogen and oxygen atoms in total. The predicted octanol–water partition coefficient (Wildman–Crippen LogP) is 1.83. The molecule has 38 heavy (non-hydrogen) atoms. The minimum absolute atomic E-state index is 0.00454. The minimum Gasteiger partial charge on any atom is -0.460 e. The zero-order chi connectivity index (χ0) is 27.8. The molecule has 5 N–H and O–H groups in total. The first-order valence-electron chi connectivity index (χ1n) is 11.1. The summed E-state index contributed by atoms with van der Waals surface area (Å²) < 4.78 is 45.1. The Morgan fingerprint density at radius 3 is 2.34 bits per heavy atom. The SMILES string of the molecule is O=C1C=C/C(=C(\c2ccc(O[C@@H]3O[C@H](CO)C(O)[C@@H](O)[C@H]3O)c(Cl)c2)c2ccccc2S(=O)(=O)O)C=C1Cl. The van der Waals surface area contributed by atoms with Crippen molar-refractivity contribution in [2.75, 3.05) is 6.61 Å². The number of ketones is 1. The number of carbonyl (C=O) groups is 1. The van der Waals surface area contributed by atoms with Crippen molar-refractivity contribution in [2.45, 2.75) is 35.6 Å². The fourth-order valence-corrected chi connectivity index (χ4v) is 5.18. The standard InChI is InChI=1S/C25H22Cl2O10S/c26-15-9-12(5-7-17(15)29)21(14-3-1-2-4-20(14)38(33,34)35)13-6-8-18(16(27)10-13)36-25-24(32)23(31)22(30)19(11-28)37-25/h1-10,19,22-25,28,30-32H,11H2,(H,33,34,35)/b21-12-/t19-,22?,23-,24-,25-/m1/s1. The molecule has 202 valence electrons. The van der Waals surface area contributed by atoms with Crippen LogP contribution in [0, 0.1) is 0 Å². The van der Waals surface area contributed by atoms with Crippen LogP contribution in [0.1, 0.15) is 11.1 Å². The lowest BCUT2D eigenvalue weighted by atomic mass is 9.90. The van der Waals surface area contributed by atoms with Crippen LogP contribution in [0.25, 0.3) is 5.57 Å². The first-order valence-corrected chi connectivity index (χ1v) is 13.3. The van der Waals surface area contributed by atoms with E-state index in [2.05, 4.69) is 0 Å². The lowest BCUT2D eigenvalue weighted by Crippen LogP contribution is -2.60. The summed E-state index contributed by atoms with van der Waals surface area (Å²) in [5.74, 6) is -0.450. The van der Waals surface area contributed by atoms with Crippen molar-refractivity contribution < 1.29 is 47.7 Å². The van der Waals surface area contributed by atoms with E-state index in [0.717, 1.165) is 0 Å². The summed E-state index contributed by atoms with van der Waals surface area (Å²) >= 11 is 12.5. The molecule has 0 bridgehead atoms. The van der Waals surface area contributed by atoms with Crippen molar-refractivity contribution in [3.8, 4) is 5.75 Å². The zero-order valence-corrected chi connectivity index (χ0v) is 21.6. The number of carbonyl (C=O) groups excluding carboxylic acids is 1. The highest BCUT2D eigenvalue weighted by Crippen LogP contribution is 2.38. The first kappa shape index (κ1) is 28.4. The van der Waals surface area contributed by atoms with Crippen molar-refractivity contribution in [2.24, 2.45) is 0 Å². The van der Waals surface area contributed by atoms with Gasteiger partial charge in [-0.3, -0.25) is 9.35 Å². The molecular formula is C25H22Cl2O10S. The molecule has 4 rings (SSSR count). The number of hydrogen-bond donors (Lipinski definition) is 5. The van der Waals surface area contributed by atoms with Crippen LogP contribution >= 0.6 is 23.2 Å². The van der Waals surface area contributed by atoms with E-state index in [4.69, 9.17) is 32.7 Å². The van der Waals surface area contributed by atoms with Crippen LogP contribution in [0.4, 0.5) is 0 Å². The normalized spacial score (nSPS) is 27.2. The average Bonchev–Trinajstić information content (AvgIpc) is 2.87. The highest BCUT2D eigenvalue weighted by Gasteiger charge is 2.44. The van der Waals surface area contributed by atoms with Gasteiger partial charge in [-0.1, -0.05) is 53.5 Å². The second-order valence-corrected chi connectivity index (χ2v) is 10.7. The summed E-state index contributed by atoms with van der Waals surface area (Å²) in [6.07, 6.45) is -3.56. The van der Waals surface area contributed by atoms with Gasteiger partial charge in [0.1, 0.15) is 35.1 Å². The van der Waals surface area contributed by atoms with Gasteiger partial charge in [0.25, 0.3) is 10.1 Å². The number of hydrogen-bond acceptors (Lipinski definition) is 9. The van der Waals surface area contributed by atoms with Crippen LogP contribution in [-0.2, 0) is 19.6 Å². The van der Waals surface area contributed by atoms with Crippen molar-refractivity contribution >= 4 is 44.7 Å². The van der Waals surface area contributed by atoms with E-state index in [0.29, 0.717) is 11.1 Å². The van der Waals surface area contributed by atoms with Gasteiger partial charge in [0.2, 0.25) is 6.29 Å². The Morgan fingerprint density at radius 2 is 1.71 bits per heavy atom. The summed E-state index contributed by atoms with van der Waals surface area (Å²) in [6, 6.07) is 9.97. The van der Waals surface area contributed by atoms with Crippen LogP contribution < -0.4 is 4.74 Å². The Bertz CT molecular complexity index is 1450. The summed E-state index contributed by atoms with van der Waals surface area (Å²) in [6.45, 7) is -0.645. The highest BCUT2D eigenvalue weighted by molar-refractivity contribution is 7.86. The van der Waals surface area contributed by atoms with Crippen LogP contribution in [0.5, 0.6) is 5.75 Å². The monoisotopic (exact) mass is 584 g/mol. The molecule has 2 aromatic carbocycles. The fourth-order valence-electron chi connectivity index (χ4n) is 4.07. The van der Waals surface area contributed by atoms with Gasteiger partial charge in [-0.2, -0.15) is 8.42 Å². The van der Waals surface area contributed by atoms with Gasteiger partial charge in [0.05, 0.1) is 16.7 Å². The number of ether oxygens (including phenoxy) is 2. The van der Waals surface area contributed by atoms with E-state index in [-0.39, 0.29) is 26.9 Å². The van der Waals surface area contributed by atoms with Crippen LogP contribution in [0.3, 0.4) is 0 Å². The zero-order valence-electron chi connectivity index (χ0n) is 19.3. The first-order chi connectivity index (χ1) is 17.9. The van der Waals surface area contributed by atoms with Crippen LogP contribution in [-0.4, -0.2) is 76.5 Å². The minimum atomic E-state index is -4.66. The average molecular weight is 585 g/mol. The van der Waals surface area contributed by atoms with E-state index in [9.17, 15) is 38.2 Å². The Hall–Kier alpha value is -2.58. The molecule has 1 heterocycles. The van der Waals surface area contributed by atoms with Gasteiger partial charge in [0, 0.05) is 5.56 Å². The molecule has 2 aliphatic rings. The number of allylic oxidation sites excluding steroid dienone is 5. The molecule has 0 amide bonds. The van der Waals surface area contributed by atoms with Crippen molar-refractivity contribution in [3.05, 3.63) is 87.4 Å². The lowest BCUT2D eigenvalue weighted by Gasteiger charge is -2.39. The Balaban J connectivity index is 1.79. The molecule has 0 aromatic heterocycles. The predicted molar refractivity (Wildman–Crippen MR) is 136 cm³/mol. The molecule has 1 saturated heterocycles. The maximum absolute atomic E-state index is 12.1. The van der Waals surface area contributed by atoms with Crippen molar-refractivity contribution in [3.63, 3.8) is 0 Å². The third-order valence-electron chi connectivity index (χ3n) is 5.97. The van der Waals surface area contributed by atoms with Gasteiger partial charge >= 0.3 is 0 Å². The van der Waals surface area contributed by atoms with Gasteiger partial charge in [0.15, 0.2) is 5.78 Å². The number of benzene rings is 2. The number of aliphatic hydroxyl groups excluding tert-OH is 4. The molecule has 1 unspecified atom stereocenters. The van der Waals surface area contributed by atoms with Gasteiger partial charge in [-0.25, -0.2) is 0 Å². The second kappa shape index (κ2) is 11.3. The molecular weight excluding hydrogens is 563 g/mol. The molecule has 1 aliphatic heterocycles. The molecule has 13 heteroatoms. The maximum Gasteiger partial charge on any atom is 0.295 e. The molecule has 1 fully saturated rings. The van der Waals surface area contributed by atoms with E-state index >= 15 is 0 Å². The Morgan fingerprint density at radius 1 is 1.00 bits per heavy atom. The van der Waals surface area contributed by atoms with Gasteiger partial charge in [-0.15, -0.1) is 0 Å².